The van der Waals surface area contributed by atoms with Crippen LogP contribution in [0.2, 0.25) is 0 Å². The topological polar surface area (TPSA) is 46.6 Å². The first-order chi connectivity index (χ1) is 12.6. The Kier molecular flexibility index (Phi) is 4.01. The Morgan fingerprint density at radius 3 is 2.27 bits per heavy atom. The van der Waals surface area contributed by atoms with E-state index in [2.05, 4.69) is 0 Å². The molecule has 128 valence electrons. The lowest BCUT2D eigenvalue weighted by molar-refractivity contribution is -0.125. The van der Waals surface area contributed by atoms with Gasteiger partial charge >= 0.3 is 0 Å². The minimum absolute atomic E-state index is 0.355. The van der Waals surface area contributed by atoms with Gasteiger partial charge in [0, 0.05) is 11.1 Å². The van der Waals surface area contributed by atoms with E-state index < -0.39 is 6.10 Å². The SMILES string of the molecule is Cc1ccc(C(=O)N2C(=O)[C@H](c3ccccc3)Oc3ccccc32)cc1. The molecule has 0 N–H and O–H groups in total. The molecule has 0 aliphatic carbocycles. The van der Waals surface area contributed by atoms with Crippen LogP contribution < -0.4 is 9.64 Å². The molecule has 0 aromatic heterocycles. The van der Waals surface area contributed by atoms with Crippen molar-refractivity contribution >= 4 is 17.5 Å². The van der Waals surface area contributed by atoms with E-state index in [-0.39, 0.29) is 11.8 Å². The van der Waals surface area contributed by atoms with Crippen molar-refractivity contribution in [2.24, 2.45) is 0 Å². The summed E-state index contributed by atoms with van der Waals surface area (Å²) in [4.78, 5) is 27.5. The average Bonchev–Trinajstić information content (AvgIpc) is 2.68. The maximum atomic E-state index is 13.2. The van der Waals surface area contributed by atoms with Crippen LogP contribution in [0, 0.1) is 6.92 Å². The van der Waals surface area contributed by atoms with E-state index in [1.807, 2.05) is 55.5 Å². The Morgan fingerprint density at radius 2 is 1.54 bits per heavy atom. The summed E-state index contributed by atoms with van der Waals surface area (Å²) in [6.07, 6.45) is -0.847. The highest BCUT2D eigenvalue weighted by Crippen LogP contribution is 2.39. The number of hydrogen-bond acceptors (Lipinski definition) is 3. The maximum absolute atomic E-state index is 13.2. The first-order valence-electron chi connectivity index (χ1n) is 8.41. The van der Waals surface area contributed by atoms with Crippen LogP contribution in [0.1, 0.15) is 27.6 Å². The smallest absolute Gasteiger partial charge is 0.279 e. The molecule has 0 bridgehead atoms. The van der Waals surface area contributed by atoms with Gasteiger partial charge in [-0.2, -0.15) is 0 Å². The lowest BCUT2D eigenvalue weighted by Gasteiger charge is -2.33. The predicted molar refractivity (Wildman–Crippen MR) is 99.2 cm³/mol. The number of carbonyl (C=O) groups excluding carboxylic acids is 2. The van der Waals surface area contributed by atoms with Gasteiger partial charge < -0.3 is 4.74 Å². The lowest BCUT2D eigenvalue weighted by Crippen LogP contribution is -2.45. The molecule has 4 rings (SSSR count). The molecule has 0 spiro atoms. The molecule has 1 atom stereocenters. The van der Waals surface area contributed by atoms with Gasteiger partial charge in [0.1, 0.15) is 5.75 Å². The van der Waals surface area contributed by atoms with Crippen molar-refractivity contribution in [3.05, 3.63) is 95.6 Å². The highest BCUT2D eigenvalue weighted by atomic mass is 16.5. The summed E-state index contributed by atoms with van der Waals surface area (Å²) in [5, 5.41) is 0. The Labute approximate surface area is 151 Å². The van der Waals surface area contributed by atoms with Gasteiger partial charge in [-0.3, -0.25) is 9.59 Å². The van der Waals surface area contributed by atoms with Crippen LogP contribution in [0.25, 0.3) is 0 Å². The first kappa shape index (κ1) is 16.1. The summed E-state index contributed by atoms with van der Waals surface area (Å²) in [7, 11) is 0. The molecule has 4 heteroatoms. The van der Waals surface area contributed by atoms with Crippen molar-refractivity contribution in [3.8, 4) is 5.75 Å². The Bertz CT molecular complexity index is 964. The maximum Gasteiger partial charge on any atom is 0.279 e. The standard InChI is InChI=1S/C22H17NO3/c1-15-11-13-17(14-12-15)21(24)23-18-9-5-6-10-19(18)26-20(22(23)25)16-7-3-2-4-8-16/h2-14,20H,1H3/t20-/m0/s1. The quantitative estimate of drug-likeness (QED) is 0.652. The fourth-order valence-electron chi connectivity index (χ4n) is 3.03. The summed E-state index contributed by atoms with van der Waals surface area (Å²) in [5.74, 6) is -0.228. The van der Waals surface area contributed by atoms with E-state index in [1.165, 1.54) is 4.90 Å². The highest BCUT2D eigenvalue weighted by molar-refractivity contribution is 6.23. The summed E-state index contributed by atoms with van der Waals surface area (Å²) in [5.41, 5.74) is 2.70. The minimum atomic E-state index is -0.847. The molecule has 0 saturated carbocycles. The van der Waals surface area contributed by atoms with Crippen LogP contribution in [0.5, 0.6) is 5.75 Å². The molecule has 1 aliphatic heterocycles. The Morgan fingerprint density at radius 1 is 0.885 bits per heavy atom. The fourth-order valence-corrected chi connectivity index (χ4v) is 3.03. The van der Waals surface area contributed by atoms with E-state index in [0.29, 0.717) is 22.6 Å². The molecule has 0 unspecified atom stereocenters. The number of benzene rings is 3. The largest absolute Gasteiger partial charge is 0.474 e. The van der Waals surface area contributed by atoms with E-state index in [1.54, 1.807) is 30.3 Å². The van der Waals surface area contributed by atoms with Crippen LogP contribution >= 0.6 is 0 Å². The van der Waals surface area contributed by atoms with Gasteiger partial charge in [-0.25, -0.2) is 4.90 Å². The predicted octanol–water partition coefficient (Wildman–Crippen LogP) is 4.30. The molecular formula is C22H17NO3. The van der Waals surface area contributed by atoms with Crippen LogP contribution in [0.3, 0.4) is 0 Å². The average molecular weight is 343 g/mol. The summed E-state index contributed by atoms with van der Waals surface area (Å²) >= 11 is 0. The number of aryl methyl sites for hydroxylation is 1. The number of ether oxygens (including phenoxy) is 1. The van der Waals surface area contributed by atoms with Crippen LogP contribution in [0.4, 0.5) is 5.69 Å². The normalized spacial score (nSPS) is 16.0. The molecule has 3 aromatic carbocycles. The number of fused-ring (bicyclic) bond motifs is 1. The van der Waals surface area contributed by atoms with Crippen molar-refractivity contribution in [1.29, 1.82) is 0 Å². The second-order valence-corrected chi connectivity index (χ2v) is 6.22. The molecule has 0 saturated heterocycles. The summed E-state index contributed by atoms with van der Waals surface area (Å²) in [6.45, 7) is 1.95. The number of hydrogen-bond donors (Lipinski definition) is 0. The van der Waals surface area contributed by atoms with E-state index >= 15 is 0 Å². The van der Waals surface area contributed by atoms with Gasteiger partial charge in [0.15, 0.2) is 0 Å². The van der Waals surface area contributed by atoms with E-state index in [0.717, 1.165) is 5.56 Å². The van der Waals surface area contributed by atoms with Gasteiger partial charge in [0.2, 0.25) is 6.10 Å². The van der Waals surface area contributed by atoms with Crippen molar-refractivity contribution < 1.29 is 14.3 Å². The second kappa shape index (κ2) is 6.48. The third kappa shape index (κ3) is 2.75. The molecule has 2 amide bonds. The number of carbonyl (C=O) groups is 2. The van der Waals surface area contributed by atoms with Crippen molar-refractivity contribution in [2.75, 3.05) is 4.90 Å². The molecule has 26 heavy (non-hydrogen) atoms. The number of imide groups is 1. The van der Waals surface area contributed by atoms with Gasteiger partial charge in [-0.15, -0.1) is 0 Å². The Hall–Kier alpha value is -3.40. The molecule has 0 fully saturated rings. The molecule has 3 aromatic rings. The van der Waals surface area contributed by atoms with Gasteiger partial charge in [-0.1, -0.05) is 60.2 Å². The monoisotopic (exact) mass is 343 g/mol. The zero-order chi connectivity index (χ0) is 18.1. The van der Waals surface area contributed by atoms with Crippen molar-refractivity contribution in [1.82, 2.24) is 0 Å². The number of amides is 2. The van der Waals surface area contributed by atoms with Crippen LogP contribution in [0.15, 0.2) is 78.9 Å². The summed E-state index contributed by atoms with van der Waals surface area (Å²) < 4.78 is 5.92. The number of anilines is 1. The summed E-state index contributed by atoms with van der Waals surface area (Å²) in [6, 6.07) is 23.5. The fraction of sp³-hybridized carbons (Fsp3) is 0.0909. The third-order valence-corrected chi connectivity index (χ3v) is 4.40. The number of nitrogens with zero attached hydrogens (tertiary/aromatic N) is 1. The Balaban J connectivity index is 1.80. The van der Waals surface area contributed by atoms with Crippen molar-refractivity contribution in [2.45, 2.75) is 13.0 Å². The van der Waals surface area contributed by atoms with Gasteiger partial charge in [0.05, 0.1) is 5.69 Å². The second-order valence-electron chi connectivity index (χ2n) is 6.22. The highest BCUT2D eigenvalue weighted by Gasteiger charge is 2.39. The lowest BCUT2D eigenvalue weighted by atomic mass is 10.0. The zero-order valence-corrected chi connectivity index (χ0v) is 14.3. The molecular weight excluding hydrogens is 326 g/mol. The van der Waals surface area contributed by atoms with Gasteiger partial charge in [-0.05, 0) is 31.2 Å². The zero-order valence-electron chi connectivity index (χ0n) is 14.3. The number of rotatable bonds is 2. The number of para-hydroxylation sites is 2. The molecule has 4 nitrogen and oxygen atoms in total. The molecule has 1 heterocycles. The van der Waals surface area contributed by atoms with Crippen LogP contribution in [-0.2, 0) is 4.79 Å². The third-order valence-electron chi connectivity index (χ3n) is 4.40. The van der Waals surface area contributed by atoms with Crippen LogP contribution in [-0.4, -0.2) is 11.8 Å². The minimum Gasteiger partial charge on any atom is -0.474 e. The first-order valence-corrected chi connectivity index (χ1v) is 8.41. The molecule has 1 aliphatic rings. The van der Waals surface area contributed by atoms with E-state index in [4.69, 9.17) is 4.74 Å². The molecule has 0 radical (unpaired) electrons. The van der Waals surface area contributed by atoms with E-state index in [9.17, 15) is 9.59 Å². The van der Waals surface area contributed by atoms with Gasteiger partial charge in [0.25, 0.3) is 11.8 Å². The van der Waals surface area contributed by atoms with Crippen molar-refractivity contribution in [3.63, 3.8) is 0 Å².